The van der Waals surface area contributed by atoms with E-state index in [1.54, 1.807) is 13.2 Å². The lowest BCUT2D eigenvalue weighted by atomic mass is 10.2. The van der Waals surface area contributed by atoms with Crippen molar-refractivity contribution in [2.45, 2.75) is 11.6 Å². The molecule has 0 bridgehead atoms. The highest BCUT2D eigenvalue weighted by Crippen LogP contribution is 2.29. The SMILES string of the molecule is C=Cc1cc(CCSc2nc(N)cc(Cl)n2)nc(Cl)c1OC. The van der Waals surface area contributed by atoms with Crippen molar-refractivity contribution in [3.63, 3.8) is 0 Å². The van der Waals surface area contributed by atoms with Gasteiger partial charge in [-0.05, 0) is 12.5 Å². The van der Waals surface area contributed by atoms with Crippen molar-refractivity contribution in [1.82, 2.24) is 15.0 Å². The number of hydrogen-bond donors (Lipinski definition) is 1. The first-order chi connectivity index (χ1) is 10.5. The summed E-state index contributed by atoms with van der Waals surface area (Å²) < 4.78 is 5.20. The fraction of sp³-hybridized carbons (Fsp3) is 0.214. The number of anilines is 1. The van der Waals surface area contributed by atoms with E-state index < -0.39 is 0 Å². The number of aryl methyl sites for hydroxylation is 1. The van der Waals surface area contributed by atoms with Crippen LogP contribution in [0.25, 0.3) is 6.08 Å². The Labute approximate surface area is 142 Å². The molecule has 2 heterocycles. The third kappa shape index (κ3) is 4.25. The van der Waals surface area contributed by atoms with Crippen molar-refractivity contribution in [2.75, 3.05) is 18.6 Å². The van der Waals surface area contributed by atoms with Crippen LogP contribution in [0.3, 0.4) is 0 Å². The highest BCUT2D eigenvalue weighted by molar-refractivity contribution is 7.99. The number of ether oxygens (including phenoxy) is 1. The van der Waals surface area contributed by atoms with Crippen LogP contribution in [0, 0.1) is 0 Å². The van der Waals surface area contributed by atoms with Gasteiger partial charge in [0.25, 0.3) is 0 Å². The maximum atomic E-state index is 6.10. The molecular formula is C14H14Cl2N4OS. The number of thioether (sulfide) groups is 1. The Hall–Kier alpha value is -1.50. The highest BCUT2D eigenvalue weighted by Gasteiger charge is 2.10. The molecule has 0 spiro atoms. The summed E-state index contributed by atoms with van der Waals surface area (Å²) in [5.74, 6) is 1.59. The molecule has 0 unspecified atom stereocenters. The maximum absolute atomic E-state index is 6.10. The second kappa shape index (κ2) is 7.67. The minimum atomic E-state index is 0.322. The van der Waals surface area contributed by atoms with Crippen LogP contribution < -0.4 is 10.5 Å². The molecule has 22 heavy (non-hydrogen) atoms. The van der Waals surface area contributed by atoms with Crippen LogP contribution in [0.15, 0.2) is 23.9 Å². The topological polar surface area (TPSA) is 73.9 Å². The molecule has 2 aromatic rings. The molecule has 5 nitrogen and oxygen atoms in total. The summed E-state index contributed by atoms with van der Waals surface area (Å²) in [6.07, 6.45) is 2.37. The second-order valence-electron chi connectivity index (χ2n) is 4.23. The second-order valence-corrected chi connectivity index (χ2v) is 6.03. The number of aromatic nitrogens is 3. The van der Waals surface area contributed by atoms with E-state index >= 15 is 0 Å². The van der Waals surface area contributed by atoms with Gasteiger partial charge in [-0.15, -0.1) is 0 Å². The molecule has 0 amide bonds. The highest BCUT2D eigenvalue weighted by atomic mass is 35.5. The Morgan fingerprint density at radius 3 is 2.73 bits per heavy atom. The fourth-order valence-corrected chi connectivity index (χ4v) is 3.14. The number of halogens is 2. The minimum Gasteiger partial charge on any atom is -0.493 e. The van der Waals surface area contributed by atoms with Gasteiger partial charge in [-0.1, -0.05) is 47.6 Å². The molecule has 0 saturated heterocycles. The molecule has 116 valence electrons. The molecule has 8 heteroatoms. The van der Waals surface area contributed by atoms with Crippen molar-refractivity contribution in [2.24, 2.45) is 0 Å². The van der Waals surface area contributed by atoms with Gasteiger partial charge in [0.1, 0.15) is 11.0 Å². The Morgan fingerprint density at radius 1 is 1.32 bits per heavy atom. The quantitative estimate of drug-likeness (QED) is 0.367. The number of rotatable bonds is 6. The molecule has 2 N–H and O–H groups in total. The van der Waals surface area contributed by atoms with Crippen LogP contribution in [0.5, 0.6) is 5.75 Å². The van der Waals surface area contributed by atoms with Crippen LogP contribution in [-0.2, 0) is 6.42 Å². The summed E-state index contributed by atoms with van der Waals surface area (Å²) in [7, 11) is 1.55. The van der Waals surface area contributed by atoms with Gasteiger partial charge in [0, 0.05) is 23.1 Å². The Balaban J connectivity index is 2.05. The first kappa shape index (κ1) is 16.9. The van der Waals surface area contributed by atoms with E-state index in [-0.39, 0.29) is 0 Å². The molecule has 0 aliphatic carbocycles. The smallest absolute Gasteiger partial charge is 0.190 e. The molecule has 0 aliphatic rings. The lowest BCUT2D eigenvalue weighted by Gasteiger charge is -2.09. The van der Waals surface area contributed by atoms with Gasteiger partial charge in [-0.25, -0.2) is 15.0 Å². The molecule has 2 aromatic heterocycles. The zero-order valence-electron chi connectivity index (χ0n) is 11.8. The van der Waals surface area contributed by atoms with Gasteiger partial charge in [0.2, 0.25) is 0 Å². The van der Waals surface area contributed by atoms with E-state index in [1.165, 1.54) is 17.8 Å². The lowest BCUT2D eigenvalue weighted by Crippen LogP contribution is -1.99. The zero-order valence-corrected chi connectivity index (χ0v) is 14.2. The van der Waals surface area contributed by atoms with Crippen LogP contribution >= 0.6 is 35.0 Å². The summed E-state index contributed by atoms with van der Waals surface area (Å²) in [6, 6.07) is 3.40. The number of nitrogen functional groups attached to an aromatic ring is 1. The molecule has 2 rings (SSSR count). The lowest BCUT2D eigenvalue weighted by molar-refractivity contribution is 0.412. The minimum absolute atomic E-state index is 0.322. The average molecular weight is 357 g/mol. The number of hydrogen-bond acceptors (Lipinski definition) is 6. The van der Waals surface area contributed by atoms with Crippen LogP contribution in [-0.4, -0.2) is 27.8 Å². The first-order valence-electron chi connectivity index (χ1n) is 6.32. The predicted octanol–water partition coefficient (Wildman–Crippen LogP) is 3.75. The third-order valence-electron chi connectivity index (χ3n) is 2.72. The van der Waals surface area contributed by atoms with E-state index in [4.69, 9.17) is 33.7 Å². The largest absolute Gasteiger partial charge is 0.493 e. The van der Waals surface area contributed by atoms with E-state index in [0.29, 0.717) is 39.2 Å². The van der Waals surface area contributed by atoms with Gasteiger partial charge in [-0.3, -0.25) is 0 Å². The van der Waals surface area contributed by atoms with Gasteiger partial charge in [-0.2, -0.15) is 0 Å². The van der Waals surface area contributed by atoms with Crippen molar-refractivity contribution in [3.05, 3.63) is 40.3 Å². The van der Waals surface area contributed by atoms with Crippen molar-refractivity contribution in [1.29, 1.82) is 0 Å². The van der Waals surface area contributed by atoms with E-state index in [1.807, 2.05) is 6.07 Å². The molecular weight excluding hydrogens is 343 g/mol. The predicted molar refractivity (Wildman–Crippen MR) is 91.8 cm³/mol. The van der Waals surface area contributed by atoms with Gasteiger partial charge in [0.15, 0.2) is 16.1 Å². The van der Waals surface area contributed by atoms with Gasteiger partial charge < -0.3 is 10.5 Å². The van der Waals surface area contributed by atoms with Crippen LogP contribution in [0.1, 0.15) is 11.3 Å². The monoisotopic (exact) mass is 356 g/mol. The van der Waals surface area contributed by atoms with Crippen LogP contribution in [0.2, 0.25) is 10.3 Å². The Morgan fingerprint density at radius 2 is 2.09 bits per heavy atom. The Bertz CT molecular complexity index is 677. The summed E-state index contributed by atoms with van der Waals surface area (Å²) in [4.78, 5) is 12.5. The van der Waals surface area contributed by atoms with E-state index in [9.17, 15) is 0 Å². The van der Waals surface area contributed by atoms with Crippen molar-refractivity contribution < 1.29 is 4.74 Å². The van der Waals surface area contributed by atoms with Gasteiger partial charge >= 0.3 is 0 Å². The Kier molecular flexibility index (Phi) is 5.88. The standard InChI is InChI=1S/C14H14Cl2N4OS/c1-3-8-6-9(18-13(16)12(8)21-2)4-5-22-14-19-10(15)7-11(17)20-14/h3,6-7H,1,4-5H2,2H3,(H2,17,19,20). The number of methoxy groups -OCH3 is 1. The summed E-state index contributed by atoms with van der Waals surface area (Å²) in [6.45, 7) is 3.75. The molecule has 0 aliphatic heterocycles. The van der Waals surface area contributed by atoms with Gasteiger partial charge in [0.05, 0.1) is 7.11 Å². The first-order valence-corrected chi connectivity index (χ1v) is 8.06. The summed E-state index contributed by atoms with van der Waals surface area (Å²) >= 11 is 13.4. The van der Waals surface area contributed by atoms with Crippen LogP contribution in [0.4, 0.5) is 5.82 Å². The maximum Gasteiger partial charge on any atom is 0.190 e. The summed E-state index contributed by atoms with van der Waals surface area (Å²) in [5.41, 5.74) is 7.28. The number of pyridine rings is 1. The van der Waals surface area contributed by atoms with E-state index in [0.717, 1.165) is 11.3 Å². The fourth-order valence-electron chi connectivity index (χ4n) is 1.78. The summed E-state index contributed by atoms with van der Waals surface area (Å²) in [5, 5.41) is 1.19. The number of nitrogens with two attached hydrogens (primary N) is 1. The molecule has 0 atom stereocenters. The van der Waals surface area contributed by atoms with Crippen molar-refractivity contribution >= 4 is 46.9 Å². The van der Waals surface area contributed by atoms with E-state index in [2.05, 4.69) is 21.5 Å². The molecule has 0 saturated carbocycles. The van der Waals surface area contributed by atoms with Crippen molar-refractivity contribution in [3.8, 4) is 5.75 Å². The third-order valence-corrected chi connectivity index (χ3v) is 4.02. The zero-order chi connectivity index (χ0) is 16.1. The molecule has 0 radical (unpaired) electrons. The average Bonchev–Trinajstić information content (AvgIpc) is 2.45. The molecule has 0 fully saturated rings. The molecule has 0 aromatic carbocycles. The number of nitrogens with zero attached hydrogens (tertiary/aromatic N) is 3. The normalized spacial score (nSPS) is 10.5.